The lowest BCUT2D eigenvalue weighted by atomic mass is 10.0. The molecule has 31 heavy (non-hydrogen) atoms. The number of ether oxygens (including phenoxy) is 2. The topological polar surface area (TPSA) is 64.6 Å². The molecule has 1 spiro atoms. The fourth-order valence-corrected chi connectivity index (χ4v) is 6.10. The minimum Gasteiger partial charge on any atom is -0.347 e. The van der Waals surface area contributed by atoms with Crippen molar-refractivity contribution in [3.05, 3.63) is 41.5 Å². The Morgan fingerprint density at radius 1 is 1.16 bits per heavy atom. The second kappa shape index (κ2) is 8.86. The van der Waals surface area contributed by atoms with Crippen LogP contribution in [0.2, 0.25) is 0 Å². The molecule has 0 radical (unpaired) electrons. The van der Waals surface area contributed by atoms with E-state index in [9.17, 15) is 4.79 Å². The van der Waals surface area contributed by atoms with Gasteiger partial charge in [0.15, 0.2) is 5.79 Å². The van der Waals surface area contributed by atoms with Crippen LogP contribution in [0.25, 0.3) is 21.3 Å². The zero-order valence-electron chi connectivity index (χ0n) is 17.5. The minimum atomic E-state index is -0.441. The van der Waals surface area contributed by atoms with E-state index < -0.39 is 5.79 Å². The summed E-state index contributed by atoms with van der Waals surface area (Å²) in [5.74, 6) is 0.446. The Labute approximate surface area is 190 Å². The first-order chi connectivity index (χ1) is 15.1. The van der Waals surface area contributed by atoms with Crippen LogP contribution in [0.15, 0.2) is 41.0 Å². The van der Waals surface area contributed by atoms with Gasteiger partial charge in [-0.15, -0.1) is 23.1 Å². The molecule has 5 rings (SSSR count). The molecule has 3 aromatic rings. The van der Waals surface area contributed by atoms with Crippen molar-refractivity contribution in [2.45, 2.75) is 37.0 Å². The molecule has 0 N–H and O–H groups in total. The molecule has 1 aromatic carbocycles. The largest absolute Gasteiger partial charge is 0.347 e. The Morgan fingerprint density at radius 3 is 2.65 bits per heavy atom. The summed E-state index contributed by atoms with van der Waals surface area (Å²) < 4.78 is 11.5. The van der Waals surface area contributed by atoms with Crippen LogP contribution in [0.5, 0.6) is 0 Å². The number of nitrogens with zero attached hydrogens (tertiary/aromatic N) is 3. The predicted octanol–water partition coefficient (Wildman–Crippen LogP) is 4.51. The van der Waals surface area contributed by atoms with Gasteiger partial charge in [0.25, 0.3) is 0 Å². The maximum Gasteiger partial charge on any atom is 0.223 e. The van der Waals surface area contributed by atoms with Crippen LogP contribution in [-0.2, 0) is 14.3 Å². The van der Waals surface area contributed by atoms with Crippen molar-refractivity contribution >= 4 is 39.2 Å². The number of aryl methyl sites for hydroxylation is 1. The Kier molecular flexibility index (Phi) is 5.97. The lowest BCUT2D eigenvalue weighted by molar-refractivity contribution is -0.187. The van der Waals surface area contributed by atoms with Crippen LogP contribution in [0.1, 0.15) is 24.8 Å². The number of likely N-dealkylation sites (tertiary alicyclic amines) is 1. The molecule has 0 aliphatic carbocycles. The number of aromatic nitrogens is 2. The third-order valence-corrected chi connectivity index (χ3v) is 7.82. The van der Waals surface area contributed by atoms with Crippen molar-refractivity contribution in [2.24, 2.45) is 0 Å². The summed E-state index contributed by atoms with van der Waals surface area (Å²) in [6, 6.07) is 8.53. The number of benzene rings is 1. The number of amides is 1. The molecule has 2 aliphatic heterocycles. The number of hydrogen-bond acceptors (Lipinski definition) is 7. The second-order valence-electron chi connectivity index (χ2n) is 7.96. The van der Waals surface area contributed by atoms with E-state index in [1.165, 1.54) is 11.1 Å². The average Bonchev–Trinajstić information content (AvgIpc) is 3.43. The van der Waals surface area contributed by atoms with Crippen LogP contribution in [0.3, 0.4) is 0 Å². The Morgan fingerprint density at radius 2 is 1.90 bits per heavy atom. The summed E-state index contributed by atoms with van der Waals surface area (Å²) in [5.41, 5.74) is 3.57. The summed E-state index contributed by atoms with van der Waals surface area (Å²) in [6.07, 6.45) is 3.63. The molecule has 2 fully saturated rings. The van der Waals surface area contributed by atoms with Crippen molar-refractivity contribution in [2.75, 3.05) is 32.1 Å². The zero-order valence-corrected chi connectivity index (χ0v) is 19.1. The fraction of sp³-hybridized carbons (Fsp3) is 0.435. The third-order valence-electron chi connectivity index (χ3n) is 5.94. The van der Waals surface area contributed by atoms with E-state index >= 15 is 0 Å². The molecule has 0 unspecified atom stereocenters. The van der Waals surface area contributed by atoms with Gasteiger partial charge in [-0.25, -0.2) is 9.97 Å². The molecule has 162 valence electrons. The molecule has 0 bridgehead atoms. The monoisotopic (exact) mass is 455 g/mol. The van der Waals surface area contributed by atoms with Crippen molar-refractivity contribution in [1.82, 2.24) is 14.9 Å². The van der Waals surface area contributed by atoms with Crippen LogP contribution >= 0.6 is 23.1 Å². The lowest BCUT2D eigenvalue weighted by Crippen LogP contribution is -2.47. The summed E-state index contributed by atoms with van der Waals surface area (Å²) >= 11 is 3.27. The molecular weight excluding hydrogens is 430 g/mol. The number of rotatable bonds is 5. The van der Waals surface area contributed by atoms with Gasteiger partial charge in [-0.1, -0.05) is 29.8 Å². The van der Waals surface area contributed by atoms with Gasteiger partial charge in [0.2, 0.25) is 5.91 Å². The van der Waals surface area contributed by atoms with E-state index in [0.717, 1.165) is 33.6 Å². The lowest BCUT2D eigenvalue weighted by Gasteiger charge is -2.37. The van der Waals surface area contributed by atoms with Crippen molar-refractivity contribution in [3.8, 4) is 11.1 Å². The number of piperidine rings is 1. The van der Waals surface area contributed by atoms with Gasteiger partial charge in [-0.05, 0) is 12.5 Å². The molecule has 0 atom stereocenters. The van der Waals surface area contributed by atoms with Crippen molar-refractivity contribution < 1.29 is 14.3 Å². The normalized spacial score (nSPS) is 18.2. The molecule has 8 heteroatoms. The molecular formula is C23H25N3O3S2. The SMILES string of the molecule is Cc1ccc(-c2csc3ncnc(SCCC(=O)N4CCC5(CC4)OCCO5)c23)cc1. The third kappa shape index (κ3) is 4.35. The Balaban J connectivity index is 1.23. The highest BCUT2D eigenvalue weighted by Crippen LogP contribution is 2.38. The highest BCUT2D eigenvalue weighted by atomic mass is 32.2. The first kappa shape index (κ1) is 20.9. The van der Waals surface area contributed by atoms with Gasteiger partial charge in [0, 0.05) is 49.0 Å². The number of thioether (sulfide) groups is 1. The van der Waals surface area contributed by atoms with Gasteiger partial charge >= 0.3 is 0 Å². The highest BCUT2D eigenvalue weighted by Gasteiger charge is 2.40. The molecule has 2 aromatic heterocycles. The molecule has 2 saturated heterocycles. The van der Waals surface area contributed by atoms with Crippen LogP contribution in [0.4, 0.5) is 0 Å². The first-order valence-electron chi connectivity index (χ1n) is 10.6. The van der Waals surface area contributed by atoms with E-state index in [0.29, 0.717) is 38.5 Å². The number of thiophene rings is 1. The summed E-state index contributed by atoms with van der Waals surface area (Å²) in [7, 11) is 0. The van der Waals surface area contributed by atoms with E-state index in [1.54, 1.807) is 29.4 Å². The Hall–Kier alpha value is -2.00. The summed E-state index contributed by atoms with van der Waals surface area (Å²) in [5, 5.41) is 4.18. The predicted molar refractivity (Wildman–Crippen MR) is 123 cm³/mol. The van der Waals surface area contributed by atoms with Crippen LogP contribution in [0, 0.1) is 6.92 Å². The van der Waals surface area contributed by atoms with Gasteiger partial charge < -0.3 is 14.4 Å². The maximum atomic E-state index is 12.7. The van der Waals surface area contributed by atoms with E-state index in [4.69, 9.17) is 9.47 Å². The average molecular weight is 456 g/mol. The Bertz CT molecular complexity index is 1070. The zero-order chi connectivity index (χ0) is 21.3. The van der Waals surface area contributed by atoms with Gasteiger partial charge in [-0.3, -0.25) is 4.79 Å². The molecule has 2 aliphatic rings. The minimum absolute atomic E-state index is 0.190. The van der Waals surface area contributed by atoms with Crippen molar-refractivity contribution in [1.29, 1.82) is 0 Å². The molecule has 0 saturated carbocycles. The fourth-order valence-electron chi connectivity index (χ4n) is 4.18. The van der Waals surface area contributed by atoms with Gasteiger partial charge in [0.1, 0.15) is 16.2 Å². The van der Waals surface area contributed by atoms with E-state index in [2.05, 4.69) is 46.5 Å². The van der Waals surface area contributed by atoms with E-state index in [1.807, 2.05) is 4.90 Å². The van der Waals surface area contributed by atoms with Crippen molar-refractivity contribution in [3.63, 3.8) is 0 Å². The maximum absolute atomic E-state index is 12.7. The molecule has 1 amide bonds. The molecule has 6 nitrogen and oxygen atoms in total. The standard InChI is InChI=1S/C23H25N3O3S2/c1-16-2-4-17(5-3-16)18-14-31-22-20(18)21(24-15-25-22)30-13-6-19(27)26-9-7-23(8-10-26)28-11-12-29-23/h2-5,14-15H,6-13H2,1H3. The van der Waals surface area contributed by atoms with E-state index in [-0.39, 0.29) is 5.91 Å². The number of carbonyl (C=O) groups excluding carboxylic acids is 1. The summed E-state index contributed by atoms with van der Waals surface area (Å²) in [4.78, 5) is 24.6. The summed E-state index contributed by atoms with van der Waals surface area (Å²) in [6.45, 7) is 4.80. The highest BCUT2D eigenvalue weighted by molar-refractivity contribution is 7.99. The van der Waals surface area contributed by atoms with Gasteiger partial charge in [-0.2, -0.15) is 0 Å². The smallest absolute Gasteiger partial charge is 0.223 e. The number of hydrogen-bond donors (Lipinski definition) is 0. The quantitative estimate of drug-likeness (QED) is 0.417. The van der Waals surface area contributed by atoms with Crippen LogP contribution in [-0.4, -0.2) is 58.6 Å². The van der Waals surface area contributed by atoms with Gasteiger partial charge in [0.05, 0.1) is 18.6 Å². The number of fused-ring (bicyclic) bond motifs is 1. The number of carbonyl (C=O) groups is 1. The first-order valence-corrected chi connectivity index (χ1v) is 12.5. The van der Waals surface area contributed by atoms with Crippen LogP contribution < -0.4 is 0 Å². The second-order valence-corrected chi connectivity index (χ2v) is 9.90. The molecule has 4 heterocycles.